The smallest absolute Gasteiger partial charge is 0.265 e. The van der Waals surface area contributed by atoms with Crippen LogP contribution < -0.4 is 5.26 Å². The molecule has 1 N–H and O–H groups in total. The summed E-state index contributed by atoms with van der Waals surface area (Å²) in [4.78, 5) is 3.96. The highest BCUT2D eigenvalue weighted by molar-refractivity contribution is 5.69. The van der Waals surface area contributed by atoms with Crippen molar-refractivity contribution in [2.24, 2.45) is 0 Å². The zero-order valence-electron chi connectivity index (χ0n) is 8.72. The molecule has 0 aliphatic rings. The van der Waals surface area contributed by atoms with E-state index < -0.39 is 0 Å². The number of aromatic nitrogens is 1. The highest BCUT2D eigenvalue weighted by atomic mass is 14.6. The van der Waals surface area contributed by atoms with E-state index in [1.807, 2.05) is 48.6 Å². The zero-order chi connectivity index (χ0) is 11.2. The Morgan fingerprint density at radius 1 is 0.875 bits per heavy atom. The Balaban J connectivity index is 2.15. The van der Waals surface area contributed by atoms with Gasteiger partial charge in [-0.25, -0.2) is 0 Å². The number of nitrogens with one attached hydrogen (secondary N) is 1. The van der Waals surface area contributed by atoms with E-state index in [1.165, 1.54) is 0 Å². The molecule has 1 aromatic carbocycles. The summed E-state index contributed by atoms with van der Waals surface area (Å²) in [5.41, 5.74) is 3.02. The average Bonchev–Trinajstić information content (AvgIpc) is 2.38. The van der Waals surface area contributed by atoms with Gasteiger partial charge in [0.15, 0.2) is 0 Å². The molecule has 0 saturated heterocycles. The van der Waals surface area contributed by atoms with E-state index in [-0.39, 0.29) is 0 Å². The van der Waals surface area contributed by atoms with Crippen LogP contribution in [0.2, 0.25) is 0 Å². The fourth-order valence-corrected chi connectivity index (χ4v) is 1.34. The van der Waals surface area contributed by atoms with E-state index in [1.54, 1.807) is 12.4 Å². The first-order valence-corrected chi connectivity index (χ1v) is 4.99. The van der Waals surface area contributed by atoms with Gasteiger partial charge in [-0.1, -0.05) is 29.5 Å². The van der Waals surface area contributed by atoms with Crippen molar-refractivity contribution >= 4 is 12.2 Å². The molecule has 0 amide bonds. The normalized spacial score (nSPS) is 10.2. The van der Waals surface area contributed by atoms with Crippen molar-refractivity contribution in [2.45, 2.75) is 0 Å². The lowest BCUT2D eigenvalue weighted by molar-refractivity contribution is -0.0909. The lowest BCUT2D eigenvalue weighted by Gasteiger charge is -1.93. The molecule has 2 rings (SSSR count). The Labute approximate surface area is 94.5 Å². The molecule has 0 bridgehead atoms. The minimum atomic E-state index is 0.793. The van der Waals surface area contributed by atoms with Crippen LogP contribution in [0.3, 0.4) is 0 Å². The van der Waals surface area contributed by atoms with E-state index in [2.05, 4.69) is 11.1 Å². The molecule has 2 nitrogen and oxygen atoms in total. The van der Waals surface area contributed by atoms with Crippen LogP contribution in [0.15, 0.2) is 48.8 Å². The van der Waals surface area contributed by atoms with Gasteiger partial charge in [0.2, 0.25) is 0 Å². The number of benzene rings is 1. The molecule has 0 unspecified atom stereocenters. The van der Waals surface area contributed by atoms with Gasteiger partial charge in [-0.3, -0.25) is 4.98 Å². The van der Waals surface area contributed by atoms with E-state index >= 15 is 0 Å². The van der Waals surface area contributed by atoms with Gasteiger partial charge in [0.25, 0.3) is 0 Å². The monoisotopic (exact) mass is 207 g/mol. The molecule has 1 heterocycles. The van der Waals surface area contributed by atoms with Crippen LogP contribution in [-0.2, 0) is 0 Å². The molecule has 0 spiro atoms. The van der Waals surface area contributed by atoms with Crippen LogP contribution in [0, 0.1) is 6.07 Å². The van der Waals surface area contributed by atoms with Crippen molar-refractivity contribution in [1.29, 1.82) is 0 Å². The molecule has 1 aromatic heterocycles. The summed E-state index contributed by atoms with van der Waals surface area (Å²) in [6.45, 7) is 0. The van der Waals surface area contributed by atoms with Crippen molar-refractivity contribution in [1.82, 2.24) is 4.98 Å². The van der Waals surface area contributed by atoms with Gasteiger partial charge >= 0.3 is 6.07 Å². The molecule has 0 fully saturated rings. The number of hydrogen-bond acceptors (Lipinski definition) is 1. The quantitative estimate of drug-likeness (QED) is 0.793. The lowest BCUT2D eigenvalue weighted by atomic mass is 10.1. The molecule has 76 valence electrons. The van der Waals surface area contributed by atoms with Gasteiger partial charge in [0.1, 0.15) is 5.56 Å². The zero-order valence-corrected chi connectivity index (χ0v) is 8.72. The molecular formula is C14H11N2+. The Kier molecular flexibility index (Phi) is 3.10. The van der Waals surface area contributed by atoms with Gasteiger partial charge in [-0.2, -0.15) is 0 Å². The molecule has 16 heavy (non-hydrogen) atoms. The highest BCUT2D eigenvalue weighted by Gasteiger charge is 1.92. The van der Waals surface area contributed by atoms with E-state index in [4.69, 9.17) is 5.26 Å². The lowest BCUT2D eigenvalue weighted by Crippen LogP contribution is -2.17. The Hall–Kier alpha value is -2.40. The van der Waals surface area contributed by atoms with Gasteiger partial charge in [0, 0.05) is 12.4 Å². The number of pyridine rings is 1. The summed E-state index contributed by atoms with van der Waals surface area (Å²) in [6, 6.07) is 13.9. The second kappa shape index (κ2) is 4.90. The Bertz CT molecular complexity index is 519. The van der Waals surface area contributed by atoms with Crippen LogP contribution in [0.4, 0.5) is 0 Å². The summed E-state index contributed by atoms with van der Waals surface area (Å²) in [6.07, 6.45) is 7.60. The van der Waals surface area contributed by atoms with E-state index in [0.29, 0.717) is 0 Å². The van der Waals surface area contributed by atoms with Crippen LogP contribution in [0.5, 0.6) is 0 Å². The van der Waals surface area contributed by atoms with Crippen molar-refractivity contribution in [3.05, 3.63) is 65.5 Å². The second-order valence-corrected chi connectivity index (χ2v) is 3.36. The van der Waals surface area contributed by atoms with Gasteiger partial charge < -0.3 is 0 Å². The van der Waals surface area contributed by atoms with Crippen molar-refractivity contribution < 1.29 is 5.26 Å². The molecule has 0 radical (unpaired) electrons. The predicted octanol–water partition coefficient (Wildman–Crippen LogP) is 1.37. The van der Waals surface area contributed by atoms with Crippen LogP contribution >= 0.6 is 0 Å². The maximum Gasteiger partial charge on any atom is 0.308 e. The Morgan fingerprint density at radius 3 is 2.00 bits per heavy atom. The second-order valence-electron chi connectivity index (χ2n) is 3.36. The molecular weight excluding hydrogens is 196 g/mol. The number of hydrogen-bond donors (Lipinski definition) is 1. The number of rotatable bonds is 2. The molecule has 2 heteroatoms. The minimum absolute atomic E-state index is 0.793. The molecule has 0 aliphatic carbocycles. The molecule has 0 atom stereocenters. The summed E-state index contributed by atoms with van der Waals surface area (Å²) in [7, 11) is 0. The third kappa shape index (κ3) is 2.55. The molecule has 0 saturated carbocycles. The third-order valence-corrected chi connectivity index (χ3v) is 2.23. The first-order valence-electron chi connectivity index (χ1n) is 4.99. The Morgan fingerprint density at radius 2 is 1.44 bits per heavy atom. The maximum absolute atomic E-state index is 6.98. The van der Waals surface area contributed by atoms with E-state index in [9.17, 15) is 0 Å². The highest BCUT2D eigenvalue weighted by Crippen LogP contribution is 2.08. The van der Waals surface area contributed by atoms with Crippen molar-refractivity contribution in [2.75, 3.05) is 0 Å². The first-order chi connectivity index (χ1) is 7.88. The first kappa shape index (κ1) is 10.1. The third-order valence-electron chi connectivity index (χ3n) is 2.23. The molecule has 0 aliphatic heterocycles. The van der Waals surface area contributed by atoms with Crippen LogP contribution in [0.25, 0.3) is 12.2 Å². The van der Waals surface area contributed by atoms with Crippen molar-refractivity contribution in [3.63, 3.8) is 0 Å². The summed E-state index contributed by atoms with van der Waals surface area (Å²) >= 11 is 0. The summed E-state index contributed by atoms with van der Waals surface area (Å²) < 4.78 is 0. The predicted molar refractivity (Wildman–Crippen MR) is 63.6 cm³/mol. The SMILES string of the molecule is [NH+]#Cc1ccc(/C=C/c2ccncc2)cc1. The minimum Gasteiger partial charge on any atom is -0.265 e. The van der Waals surface area contributed by atoms with Gasteiger partial charge in [-0.15, -0.1) is 0 Å². The summed E-state index contributed by atoms with van der Waals surface area (Å²) in [5, 5.41) is 6.98. The number of nitrogens with zero attached hydrogens (tertiary/aromatic N) is 1. The topological polar surface area (TPSA) is 36.7 Å². The fourth-order valence-electron chi connectivity index (χ4n) is 1.34. The molecule has 2 aromatic rings. The summed E-state index contributed by atoms with van der Waals surface area (Å²) in [5.74, 6) is 0. The largest absolute Gasteiger partial charge is 0.308 e. The maximum atomic E-state index is 6.98. The van der Waals surface area contributed by atoms with Gasteiger partial charge in [-0.05, 0) is 35.4 Å². The fraction of sp³-hybridized carbons (Fsp3) is 0. The van der Waals surface area contributed by atoms with E-state index in [0.717, 1.165) is 16.7 Å². The van der Waals surface area contributed by atoms with Crippen LogP contribution in [-0.4, -0.2) is 4.98 Å². The van der Waals surface area contributed by atoms with Crippen molar-refractivity contribution in [3.8, 4) is 6.07 Å². The van der Waals surface area contributed by atoms with Crippen LogP contribution in [0.1, 0.15) is 16.7 Å². The van der Waals surface area contributed by atoms with Gasteiger partial charge in [0.05, 0.1) is 0 Å². The standard InChI is InChI=1S/C14H10N2/c15-11-14-5-3-12(4-6-14)1-2-13-7-9-16-10-8-13/h1-10H/p+1/b2-1+. The average molecular weight is 207 g/mol.